The molecule has 2 aromatic carbocycles. The van der Waals surface area contributed by atoms with Crippen molar-refractivity contribution in [2.24, 2.45) is 0 Å². The normalized spacial score (nSPS) is 10.3. The molecular formula is C19H24N2O4. The third-order valence-electron chi connectivity index (χ3n) is 3.44. The minimum atomic E-state index is -0.221. The van der Waals surface area contributed by atoms with Crippen LogP contribution in [-0.2, 0) is 16.1 Å². The van der Waals surface area contributed by atoms with Gasteiger partial charge in [0.1, 0.15) is 11.5 Å². The van der Waals surface area contributed by atoms with Crippen LogP contribution >= 0.6 is 0 Å². The summed E-state index contributed by atoms with van der Waals surface area (Å²) in [6.07, 6.45) is 0.900. The van der Waals surface area contributed by atoms with Crippen LogP contribution in [-0.4, -0.2) is 24.3 Å². The van der Waals surface area contributed by atoms with Gasteiger partial charge in [0, 0.05) is 30.3 Å². The second-order valence-electron chi connectivity index (χ2n) is 5.39. The fourth-order valence-electron chi connectivity index (χ4n) is 2.19. The molecule has 2 aromatic rings. The van der Waals surface area contributed by atoms with Crippen molar-refractivity contribution in [3.63, 3.8) is 0 Å². The Balaban J connectivity index is 1.73. The fraction of sp³-hybridized carbons (Fsp3) is 0.316. The molecule has 6 nitrogen and oxygen atoms in total. The van der Waals surface area contributed by atoms with E-state index in [1.54, 1.807) is 25.1 Å². The molecule has 0 spiro atoms. The van der Waals surface area contributed by atoms with Crippen molar-refractivity contribution in [2.45, 2.75) is 26.3 Å². The number of esters is 1. The lowest BCUT2D eigenvalue weighted by molar-refractivity contribution is -0.143. The summed E-state index contributed by atoms with van der Waals surface area (Å²) < 4.78 is 10.4. The number of hydrogen-bond donors (Lipinski definition) is 3. The van der Waals surface area contributed by atoms with Crippen LogP contribution in [0.1, 0.15) is 25.3 Å². The summed E-state index contributed by atoms with van der Waals surface area (Å²) in [5, 5.41) is 10.1. The molecular weight excluding hydrogens is 320 g/mol. The molecule has 0 radical (unpaired) electrons. The zero-order valence-electron chi connectivity index (χ0n) is 14.3. The largest absolute Gasteiger partial charge is 0.507 e. The van der Waals surface area contributed by atoms with E-state index < -0.39 is 0 Å². The smallest absolute Gasteiger partial charge is 0.305 e. The van der Waals surface area contributed by atoms with Gasteiger partial charge >= 0.3 is 5.97 Å². The first-order chi connectivity index (χ1) is 12.2. The van der Waals surface area contributed by atoms with Crippen LogP contribution in [0.4, 0.5) is 5.69 Å². The number of carbonyl (C=O) groups excluding carboxylic acids is 1. The fourth-order valence-corrected chi connectivity index (χ4v) is 2.19. The van der Waals surface area contributed by atoms with Crippen molar-refractivity contribution in [3.05, 3.63) is 54.1 Å². The minimum Gasteiger partial charge on any atom is -0.507 e. The molecule has 0 bridgehead atoms. The summed E-state index contributed by atoms with van der Waals surface area (Å²) in [7, 11) is 0. The molecule has 0 aliphatic heterocycles. The zero-order chi connectivity index (χ0) is 17.9. The topological polar surface area (TPSA) is 79.8 Å². The number of aromatic hydroxyl groups is 1. The molecule has 134 valence electrons. The van der Waals surface area contributed by atoms with E-state index in [0.717, 1.165) is 11.3 Å². The van der Waals surface area contributed by atoms with Gasteiger partial charge in [0.2, 0.25) is 0 Å². The molecule has 0 amide bonds. The third kappa shape index (κ3) is 6.73. The number of benzene rings is 2. The SMILES string of the molecule is CCOC(=O)CCCOc1ccc(CNNc2ccccc2)c(O)c1. The molecule has 25 heavy (non-hydrogen) atoms. The molecule has 0 atom stereocenters. The highest BCUT2D eigenvalue weighted by Crippen LogP contribution is 2.23. The van der Waals surface area contributed by atoms with Crippen molar-refractivity contribution in [1.29, 1.82) is 0 Å². The van der Waals surface area contributed by atoms with Gasteiger partial charge in [0.15, 0.2) is 0 Å². The Kier molecular flexibility index (Phi) is 7.59. The minimum absolute atomic E-state index is 0.158. The molecule has 2 rings (SSSR count). The second-order valence-corrected chi connectivity index (χ2v) is 5.39. The Morgan fingerprint density at radius 1 is 1.16 bits per heavy atom. The lowest BCUT2D eigenvalue weighted by Gasteiger charge is -2.11. The first kappa shape index (κ1) is 18.6. The van der Waals surface area contributed by atoms with Gasteiger partial charge < -0.3 is 20.0 Å². The quantitative estimate of drug-likeness (QED) is 0.349. The van der Waals surface area contributed by atoms with Gasteiger partial charge in [-0.25, -0.2) is 5.43 Å². The molecule has 0 saturated heterocycles. The number of ether oxygens (including phenoxy) is 2. The number of para-hydroxylation sites is 1. The average Bonchev–Trinajstić information content (AvgIpc) is 2.62. The Morgan fingerprint density at radius 2 is 1.96 bits per heavy atom. The Hall–Kier alpha value is -2.73. The molecule has 0 unspecified atom stereocenters. The number of hydrazine groups is 1. The predicted molar refractivity (Wildman–Crippen MR) is 96.4 cm³/mol. The standard InChI is InChI=1S/C19H24N2O4/c1-2-24-19(23)9-6-12-25-17-11-10-15(18(22)13-17)14-20-21-16-7-4-3-5-8-16/h3-5,7-8,10-11,13,20-22H,2,6,9,12,14H2,1H3. The van der Waals surface area contributed by atoms with Gasteiger partial charge in [-0.05, 0) is 31.5 Å². The first-order valence-corrected chi connectivity index (χ1v) is 8.33. The van der Waals surface area contributed by atoms with E-state index >= 15 is 0 Å². The molecule has 6 heteroatoms. The highest BCUT2D eigenvalue weighted by molar-refractivity contribution is 5.69. The maximum absolute atomic E-state index is 11.2. The molecule has 3 N–H and O–H groups in total. The summed E-state index contributed by atoms with van der Waals surface area (Å²) in [5.41, 5.74) is 7.81. The Labute approximate surface area is 147 Å². The number of nitrogens with one attached hydrogen (secondary N) is 2. The summed E-state index contributed by atoms with van der Waals surface area (Å²) in [5.74, 6) is 0.507. The number of phenolic OH excluding ortho intramolecular Hbond substituents is 1. The van der Waals surface area contributed by atoms with Crippen LogP contribution in [0.3, 0.4) is 0 Å². The van der Waals surface area contributed by atoms with Gasteiger partial charge in [0.25, 0.3) is 0 Å². The Bertz CT molecular complexity index is 662. The number of rotatable bonds is 10. The third-order valence-corrected chi connectivity index (χ3v) is 3.44. The molecule has 0 aliphatic carbocycles. The number of hydrogen-bond acceptors (Lipinski definition) is 6. The van der Waals surface area contributed by atoms with Crippen LogP contribution < -0.4 is 15.6 Å². The zero-order valence-corrected chi connectivity index (χ0v) is 14.3. The lowest BCUT2D eigenvalue weighted by Crippen LogP contribution is -2.20. The van der Waals surface area contributed by atoms with Gasteiger partial charge in [-0.2, -0.15) is 0 Å². The monoisotopic (exact) mass is 344 g/mol. The van der Waals surface area contributed by atoms with Gasteiger partial charge in [-0.15, -0.1) is 0 Å². The van der Waals surface area contributed by atoms with E-state index in [9.17, 15) is 9.90 Å². The van der Waals surface area contributed by atoms with Crippen LogP contribution in [0, 0.1) is 0 Å². The summed E-state index contributed by atoms with van der Waals surface area (Å²) >= 11 is 0. The van der Waals surface area contributed by atoms with Gasteiger partial charge in [-0.3, -0.25) is 4.79 Å². The van der Waals surface area contributed by atoms with Crippen LogP contribution in [0.5, 0.6) is 11.5 Å². The highest BCUT2D eigenvalue weighted by Gasteiger charge is 2.05. The molecule has 0 aliphatic rings. The van der Waals surface area contributed by atoms with E-state index in [2.05, 4.69) is 10.9 Å². The van der Waals surface area contributed by atoms with Crippen molar-refractivity contribution >= 4 is 11.7 Å². The van der Waals surface area contributed by atoms with E-state index in [1.165, 1.54) is 0 Å². The van der Waals surface area contributed by atoms with Crippen molar-refractivity contribution in [3.8, 4) is 11.5 Å². The predicted octanol–water partition coefficient (Wildman–Crippen LogP) is 3.23. The van der Waals surface area contributed by atoms with E-state index in [4.69, 9.17) is 9.47 Å². The molecule has 0 saturated carbocycles. The summed E-state index contributed by atoms with van der Waals surface area (Å²) in [6, 6.07) is 14.9. The maximum Gasteiger partial charge on any atom is 0.305 e. The highest BCUT2D eigenvalue weighted by atomic mass is 16.5. The molecule has 0 aromatic heterocycles. The summed E-state index contributed by atoms with van der Waals surface area (Å²) in [4.78, 5) is 11.2. The molecule has 0 fully saturated rings. The van der Waals surface area contributed by atoms with Crippen LogP contribution in [0.2, 0.25) is 0 Å². The Morgan fingerprint density at radius 3 is 2.68 bits per heavy atom. The average molecular weight is 344 g/mol. The lowest BCUT2D eigenvalue weighted by atomic mass is 10.2. The van der Waals surface area contributed by atoms with Crippen LogP contribution in [0.25, 0.3) is 0 Å². The number of phenols is 1. The van der Waals surface area contributed by atoms with Gasteiger partial charge in [0.05, 0.1) is 13.2 Å². The van der Waals surface area contributed by atoms with E-state index in [-0.39, 0.29) is 11.7 Å². The van der Waals surface area contributed by atoms with Gasteiger partial charge in [-0.1, -0.05) is 24.3 Å². The number of carbonyl (C=O) groups is 1. The summed E-state index contributed by atoms with van der Waals surface area (Å²) in [6.45, 7) is 3.03. The first-order valence-electron chi connectivity index (χ1n) is 8.33. The van der Waals surface area contributed by atoms with Crippen molar-refractivity contribution in [1.82, 2.24) is 5.43 Å². The van der Waals surface area contributed by atoms with Crippen LogP contribution in [0.15, 0.2) is 48.5 Å². The maximum atomic E-state index is 11.2. The van der Waals surface area contributed by atoms with E-state index in [0.29, 0.717) is 38.3 Å². The second kappa shape index (κ2) is 10.2. The van der Waals surface area contributed by atoms with Crippen molar-refractivity contribution in [2.75, 3.05) is 18.6 Å². The van der Waals surface area contributed by atoms with E-state index in [1.807, 2.05) is 30.3 Å². The molecule has 0 heterocycles. The van der Waals surface area contributed by atoms with Crippen molar-refractivity contribution < 1.29 is 19.4 Å². The number of anilines is 1.